The third-order valence-electron chi connectivity index (χ3n) is 3.37. The molecule has 0 radical (unpaired) electrons. The minimum atomic E-state index is -0.0263. The van der Waals surface area contributed by atoms with Crippen molar-refractivity contribution >= 4 is 11.9 Å². The number of carbonyl (C=O) groups is 1. The highest BCUT2D eigenvalue weighted by Gasteiger charge is 2.15. The van der Waals surface area contributed by atoms with Crippen molar-refractivity contribution in [1.82, 2.24) is 0 Å². The number of methoxy groups -OCH3 is 1. The molecule has 19 heavy (non-hydrogen) atoms. The Hall–Kier alpha value is -2.19. The molecule has 0 amide bonds. The number of ketones is 1. The zero-order valence-corrected chi connectivity index (χ0v) is 10.7. The Bertz CT molecular complexity index is 645. The van der Waals surface area contributed by atoms with E-state index in [2.05, 4.69) is 0 Å². The maximum absolute atomic E-state index is 12.3. The van der Waals surface area contributed by atoms with E-state index in [0.717, 1.165) is 22.3 Å². The van der Waals surface area contributed by atoms with Crippen LogP contribution in [0.15, 0.2) is 65.8 Å². The van der Waals surface area contributed by atoms with Crippen LogP contribution in [0.5, 0.6) is 0 Å². The van der Waals surface area contributed by atoms with E-state index in [1.807, 2.05) is 54.6 Å². The molecule has 2 heteroatoms. The number of rotatable bonds is 1. The Morgan fingerprint density at radius 2 is 1.89 bits per heavy atom. The number of hydrogen-bond acceptors (Lipinski definition) is 2. The van der Waals surface area contributed by atoms with Gasteiger partial charge in [-0.15, -0.1) is 0 Å². The van der Waals surface area contributed by atoms with E-state index >= 15 is 0 Å². The molecule has 0 N–H and O–H groups in total. The minimum Gasteiger partial charge on any atom is -0.373 e. The summed E-state index contributed by atoms with van der Waals surface area (Å²) < 4.78 is 5.30. The molecule has 0 aromatic heterocycles. The number of benzene rings is 1. The Kier molecular flexibility index (Phi) is 3.02. The molecule has 0 bridgehead atoms. The fourth-order valence-corrected chi connectivity index (χ4v) is 2.32. The maximum atomic E-state index is 12.3. The Balaban J connectivity index is 2.12. The van der Waals surface area contributed by atoms with E-state index in [1.165, 1.54) is 0 Å². The summed E-state index contributed by atoms with van der Waals surface area (Å²) in [7, 11) is 1.67. The highest BCUT2D eigenvalue weighted by Crippen LogP contribution is 2.25. The average molecular weight is 250 g/mol. The molecule has 0 saturated carbocycles. The lowest BCUT2D eigenvalue weighted by Gasteiger charge is -2.17. The van der Waals surface area contributed by atoms with Gasteiger partial charge in [-0.25, -0.2) is 0 Å². The summed E-state index contributed by atoms with van der Waals surface area (Å²) in [4.78, 5) is 12.3. The minimum absolute atomic E-state index is 0.0263. The summed E-state index contributed by atoms with van der Waals surface area (Å²) in [6.07, 6.45) is 11.6. The fraction of sp³-hybridized carbons (Fsp3) is 0.118. The normalized spacial score (nSPS) is 25.3. The van der Waals surface area contributed by atoms with E-state index in [9.17, 15) is 4.79 Å². The van der Waals surface area contributed by atoms with Crippen LogP contribution in [0.4, 0.5) is 0 Å². The number of fused-ring (bicyclic) bond motifs is 2. The summed E-state index contributed by atoms with van der Waals surface area (Å²) in [5, 5.41) is 0. The molecule has 2 aliphatic carbocycles. The fourth-order valence-electron chi connectivity index (χ4n) is 2.32. The zero-order chi connectivity index (χ0) is 13.2. The average Bonchev–Trinajstić information content (AvgIpc) is 2.44. The van der Waals surface area contributed by atoms with Gasteiger partial charge in [0.1, 0.15) is 0 Å². The van der Waals surface area contributed by atoms with Gasteiger partial charge >= 0.3 is 0 Å². The van der Waals surface area contributed by atoms with Crippen molar-refractivity contribution in [3.8, 4) is 0 Å². The number of allylic oxidation sites excluding steroid dienone is 5. The monoisotopic (exact) mass is 250 g/mol. The quantitative estimate of drug-likeness (QED) is 0.764. The summed E-state index contributed by atoms with van der Waals surface area (Å²) in [6.45, 7) is 0. The van der Waals surface area contributed by atoms with Gasteiger partial charge in [0.15, 0.2) is 5.78 Å². The molecule has 2 aliphatic rings. The molecule has 1 aromatic carbocycles. The number of carbonyl (C=O) groups excluding carboxylic acids is 1. The summed E-state index contributed by atoms with van der Waals surface area (Å²) >= 11 is 0. The van der Waals surface area contributed by atoms with Crippen molar-refractivity contribution in [2.75, 3.05) is 7.11 Å². The molecule has 0 aliphatic heterocycles. The van der Waals surface area contributed by atoms with E-state index in [4.69, 9.17) is 4.74 Å². The molecule has 94 valence electrons. The van der Waals surface area contributed by atoms with Gasteiger partial charge in [-0.2, -0.15) is 0 Å². The molecule has 0 heterocycles. The lowest BCUT2D eigenvalue weighted by molar-refractivity contribution is 0.104. The summed E-state index contributed by atoms with van der Waals surface area (Å²) in [6, 6.07) is 7.64. The lowest BCUT2D eigenvalue weighted by atomic mass is 9.91. The smallest absolute Gasteiger partial charge is 0.187 e. The Morgan fingerprint density at radius 1 is 1.05 bits per heavy atom. The van der Waals surface area contributed by atoms with Crippen LogP contribution in [0, 0.1) is 0 Å². The van der Waals surface area contributed by atoms with Gasteiger partial charge in [-0.05, 0) is 28.9 Å². The Labute approximate surface area is 112 Å². The third kappa shape index (κ3) is 2.23. The molecule has 0 spiro atoms. The molecule has 0 saturated heterocycles. The van der Waals surface area contributed by atoms with Crippen molar-refractivity contribution < 1.29 is 9.53 Å². The van der Waals surface area contributed by atoms with Crippen LogP contribution in [-0.2, 0) is 4.74 Å². The van der Waals surface area contributed by atoms with E-state index < -0.39 is 0 Å². The predicted octanol–water partition coefficient (Wildman–Crippen LogP) is 3.33. The number of hydrogen-bond donors (Lipinski definition) is 0. The van der Waals surface area contributed by atoms with Crippen LogP contribution in [0.25, 0.3) is 6.08 Å². The molecule has 1 atom stereocenters. The van der Waals surface area contributed by atoms with Crippen LogP contribution < -0.4 is 0 Å². The predicted molar refractivity (Wildman–Crippen MR) is 75.9 cm³/mol. The second kappa shape index (κ2) is 4.82. The van der Waals surface area contributed by atoms with Crippen molar-refractivity contribution in [3.63, 3.8) is 0 Å². The van der Waals surface area contributed by atoms with Gasteiger partial charge in [0.05, 0.1) is 6.10 Å². The highest BCUT2D eigenvalue weighted by atomic mass is 16.5. The van der Waals surface area contributed by atoms with Crippen LogP contribution in [0.1, 0.15) is 15.9 Å². The number of ether oxygens (including phenoxy) is 1. The van der Waals surface area contributed by atoms with Crippen LogP contribution in [-0.4, -0.2) is 19.0 Å². The molecular weight excluding hydrogens is 236 g/mol. The molecule has 0 fully saturated rings. The summed E-state index contributed by atoms with van der Waals surface area (Å²) in [5.41, 5.74) is 3.65. The first-order chi connectivity index (χ1) is 9.28. The summed E-state index contributed by atoms with van der Waals surface area (Å²) in [5.74, 6) is 0.0429. The van der Waals surface area contributed by atoms with Crippen molar-refractivity contribution in [1.29, 1.82) is 0 Å². The van der Waals surface area contributed by atoms with E-state index in [0.29, 0.717) is 0 Å². The van der Waals surface area contributed by atoms with Crippen molar-refractivity contribution in [3.05, 3.63) is 76.9 Å². The Morgan fingerprint density at radius 3 is 2.74 bits per heavy atom. The first kappa shape index (κ1) is 11.9. The maximum Gasteiger partial charge on any atom is 0.187 e. The SMILES string of the molecule is COC1C=C/C2=C/C(=O)c3ccccc3/C=C\C2=C1. The van der Waals surface area contributed by atoms with Gasteiger partial charge in [0, 0.05) is 12.7 Å². The van der Waals surface area contributed by atoms with Crippen molar-refractivity contribution in [2.45, 2.75) is 6.10 Å². The van der Waals surface area contributed by atoms with E-state index in [-0.39, 0.29) is 11.9 Å². The van der Waals surface area contributed by atoms with Gasteiger partial charge in [-0.3, -0.25) is 4.79 Å². The molecular formula is C17H14O2. The molecule has 3 rings (SSSR count). The molecule has 1 aromatic rings. The molecule has 2 nitrogen and oxygen atoms in total. The first-order valence-electron chi connectivity index (χ1n) is 6.24. The van der Waals surface area contributed by atoms with Gasteiger partial charge in [0.2, 0.25) is 0 Å². The standard InChI is InChI=1S/C17H14O2/c1-19-15-9-8-14-11-17(18)16-5-3-2-4-12(16)6-7-13(14)10-15/h2-11,15H,1H3/b7-6-,14-11-. The first-order valence-corrected chi connectivity index (χ1v) is 6.24. The van der Waals surface area contributed by atoms with Gasteiger partial charge in [0.25, 0.3) is 0 Å². The third-order valence-corrected chi connectivity index (χ3v) is 3.37. The second-order valence-corrected chi connectivity index (χ2v) is 4.57. The second-order valence-electron chi connectivity index (χ2n) is 4.57. The lowest BCUT2D eigenvalue weighted by Crippen LogP contribution is -2.10. The highest BCUT2D eigenvalue weighted by molar-refractivity contribution is 6.08. The van der Waals surface area contributed by atoms with Crippen LogP contribution in [0.2, 0.25) is 0 Å². The van der Waals surface area contributed by atoms with Crippen LogP contribution >= 0.6 is 0 Å². The van der Waals surface area contributed by atoms with Gasteiger partial charge < -0.3 is 4.74 Å². The largest absolute Gasteiger partial charge is 0.373 e. The zero-order valence-electron chi connectivity index (χ0n) is 10.7. The van der Waals surface area contributed by atoms with Crippen molar-refractivity contribution in [2.24, 2.45) is 0 Å². The van der Waals surface area contributed by atoms with E-state index in [1.54, 1.807) is 13.2 Å². The topological polar surface area (TPSA) is 26.3 Å². The van der Waals surface area contributed by atoms with Gasteiger partial charge in [-0.1, -0.05) is 48.6 Å². The van der Waals surface area contributed by atoms with Crippen LogP contribution in [0.3, 0.4) is 0 Å². The molecule has 1 unspecified atom stereocenters.